The number of Topliss-reactive ketones (excluding diaryl/α,β-unsaturated/α-hetero) is 1. The number of carbonyl (C=O) groups is 2. The number of thiophene rings is 1. The number of ketones is 1. The zero-order valence-electron chi connectivity index (χ0n) is 16.8. The highest BCUT2D eigenvalue weighted by atomic mass is 32.1. The summed E-state index contributed by atoms with van der Waals surface area (Å²) in [6.07, 6.45) is 1.26. The van der Waals surface area contributed by atoms with Crippen LogP contribution in [-0.4, -0.2) is 33.7 Å². The van der Waals surface area contributed by atoms with E-state index in [0.717, 1.165) is 40.3 Å². The van der Waals surface area contributed by atoms with Gasteiger partial charge in [0.15, 0.2) is 18.2 Å². The summed E-state index contributed by atoms with van der Waals surface area (Å²) in [5, 5.41) is 21.8. The van der Waals surface area contributed by atoms with Gasteiger partial charge in [-0.15, -0.1) is 11.3 Å². The molecule has 3 aromatic rings. The van der Waals surface area contributed by atoms with Crippen LogP contribution in [0.3, 0.4) is 0 Å². The summed E-state index contributed by atoms with van der Waals surface area (Å²) in [5.41, 5.74) is 4.57. The van der Waals surface area contributed by atoms with Crippen molar-refractivity contribution in [2.75, 3.05) is 11.9 Å². The number of benzene rings is 1. The Morgan fingerprint density at radius 3 is 2.77 bits per heavy atom. The Morgan fingerprint density at radius 2 is 2.06 bits per heavy atom. The van der Waals surface area contributed by atoms with Gasteiger partial charge in [0.1, 0.15) is 5.75 Å². The Bertz CT molecular complexity index is 1180. The summed E-state index contributed by atoms with van der Waals surface area (Å²) in [7, 11) is 0. The third-order valence-corrected chi connectivity index (χ3v) is 6.91. The van der Waals surface area contributed by atoms with Crippen LogP contribution in [0.1, 0.15) is 46.4 Å². The molecule has 1 aliphatic heterocycles. The van der Waals surface area contributed by atoms with E-state index in [1.54, 1.807) is 23.5 Å². The zero-order valence-corrected chi connectivity index (χ0v) is 17.7. The second-order valence-electron chi connectivity index (χ2n) is 7.86. The first-order chi connectivity index (χ1) is 15.0. The number of ether oxygens (including phenoxy) is 1. The number of aromatic amines is 1. The van der Waals surface area contributed by atoms with Gasteiger partial charge in [0.05, 0.1) is 0 Å². The van der Waals surface area contributed by atoms with Crippen LogP contribution >= 0.6 is 11.3 Å². The maximum atomic E-state index is 13.4. The zero-order chi connectivity index (χ0) is 21.5. The molecule has 0 saturated heterocycles. The minimum Gasteiger partial charge on any atom is -0.482 e. The first kappa shape index (κ1) is 19.6. The van der Waals surface area contributed by atoms with E-state index >= 15 is 0 Å². The first-order valence-corrected chi connectivity index (χ1v) is 10.9. The lowest BCUT2D eigenvalue weighted by Crippen LogP contribution is -2.29. The van der Waals surface area contributed by atoms with E-state index in [2.05, 4.69) is 21.6 Å². The fourth-order valence-corrected chi connectivity index (χ4v) is 5.35. The van der Waals surface area contributed by atoms with Gasteiger partial charge >= 0.3 is 5.97 Å². The van der Waals surface area contributed by atoms with Crippen molar-refractivity contribution in [2.24, 2.45) is 0 Å². The van der Waals surface area contributed by atoms with Crippen LogP contribution in [0.5, 0.6) is 5.75 Å². The Hall–Kier alpha value is -3.39. The van der Waals surface area contributed by atoms with Crippen molar-refractivity contribution in [3.05, 3.63) is 74.7 Å². The molecule has 158 valence electrons. The molecular weight excluding hydrogens is 414 g/mol. The molecule has 3 heterocycles. The van der Waals surface area contributed by atoms with Gasteiger partial charge in [0, 0.05) is 45.7 Å². The lowest BCUT2D eigenvalue weighted by molar-refractivity contribution is -0.139. The maximum Gasteiger partial charge on any atom is 0.341 e. The van der Waals surface area contributed by atoms with E-state index in [9.17, 15) is 9.59 Å². The van der Waals surface area contributed by atoms with Crippen molar-refractivity contribution in [3.63, 3.8) is 0 Å². The van der Waals surface area contributed by atoms with Crippen LogP contribution in [0, 0.1) is 6.92 Å². The molecule has 8 heteroatoms. The molecule has 0 spiro atoms. The van der Waals surface area contributed by atoms with Crippen LogP contribution < -0.4 is 10.1 Å². The number of rotatable bonds is 5. The van der Waals surface area contributed by atoms with Gasteiger partial charge in [0.25, 0.3) is 0 Å². The van der Waals surface area contributed by atoms with Gasteiger partial charge in [-0.25, -0.2) is 4.79 Å². The predicted molar refractivity (Wildman–Crippen MR) is 117 cm³/mol. The molecule has 1 aromatic carbocycles. The molecule has 5 rings (SSSR count). The van der Waals surface area contributed by atoms with Crippen molar-refractivity contribution in [3.8, 4) is 5.75 Å². The number of carboxylic acid groups (broad SMARTS) is 1. The van der Waals surface area contributed by atoms with Crippen LogP contribution in [0.4, 0.5) is 5.82 Å². The standard InChI is InChI=1S/C23H21N3O4S/c1-12-20-21(13-4-6-15(7-5-13)30-11-19(28)29)22-16(24-23(20)26-25-12)9-14(10-17(22)27)18-3-2-8-31-18/h2-8,14,21H,9-11H2,1H3,(H,28,29)(H2,24,25,26). The molecule has 1 aliphatic carbocycles. The van der Waals surface area contributed by atoms with Crippen molar-refractivity contribution in [1.82, 2.24) is 10.2 Å². The topological polar surface area (TPSA) is 104 Å². The molecule has 2 aliphatic rings. The largest absolute Gasteiger partial charge is 0.482 e. The number of allylic oxidation sites excluding steroid dienone is 2. The number of nitrogens with one attached hydrogen (secondary N) is 2. The van der Waals surface area contributed by atoms with Crippen molar-refractivity contribution in [2.45, 2.75) is 31.6 Å². The summed E-state index contributed by atoms with van der Waals surface area (Å²) in [6.45, 7) is 1.56. The number of hydrogen-bond donors (Lipinski definition) is 3. The third-order valence-electron chi connectivity index (χ3n) is 5.87. The Kier molecular flexibility index (Phi) is 4.86. The highest BCUT2D eigenvalue weighted by Gasteiger charge is 2.40. The number of anilines is 1. The quantitative estimate of drug-likeness (QED) is 0.555. The van der Waals surface area contributed by atoms with Gasteiger partial charge in [-0.05, 0) is 42.5 Å². The molecular formula is C23H21N3O4S. The number of aliphatic carboxylic acids is 1. The van der Waals surface area contributed by atoms with Crippen LogP contribution in [-0.2, 0) is 9.59 Å². The first-order valence-electron chi connectivity index (χ1n) is 10.1. The summed E-state index contributed by atoms with van der Waals surface area (Å²) < 4.78 is 5.26. The molecule has 2 unspecified atom stereocenters. The SMILES string of the molecule is Cc1[nH]nc2c1C(c1ccc(OCC(=O)O)cc1)C1=C(CC(c3cccs3)CC1=O)N2. The van der Waals surface area contributed by atoms with Gasteiger partial charge in [-0.2, -0.15) is 5.10 Å². The second kappa shape index (κ2) is 7.70. The molecule has 0 bridgehead atoms. The minimum absolute atomic E-state index is 0.148. The molecule has 0 amide bonds. The number of aromatic nitrogens is 2. The average molecular weight is 436 g/mol. The van der Waals surface area contributed by atoms with E-state index in [4.69, 9.17) is 9.84 Å². The van der Waals surface area contributed by atoms with Crippen LogP contribution in [0.2, 0.25) is 0 Å². The molecule has 2 aromatic heterocycles. The molecule has 31 heavy (non-hydrogen) atoms. The smallest absolute Gasteiger partial charge is 0.341 e. The molecule has 0 radical (unpaired) electrons. The summed E-state index contributed by atoms with van der Waals surface area (Å²) in [5.74, 6) is 0.305. The summed E-state index contributed by atoms with van der Waals surface area (Å²) in [6, 6.07) is 11.4. The molecule has 3 N–H and O–H groups in total. The van der Waals surface area contributed by atoms with E-state index in [-0.39, 0.29) is 17.6 Å². The van der Waals surface area contributed by atoms with Crippen molar-refractivity contribution >= 4 is 28.9 Å². The molecule has 7 nitrogen and oxygen atoms in total. The Balaban J connectivity index is 1.54. The van der Waals surface area contributed by atoms with E-state index in [1.165, 1.54) is 4.88 Å². The lowest BCUT2D eigenvalue weighted by atomic mass is 9.73. The van der Waals surface area contributed by atoms with Gasteiger partial charge in [-0.1, -0.05) is 18.2 Å². The van der Waals surface area contributed by atoms with E-state index < -0.39 is 12.6 Å². The summed E-state index contributed by atoms with van der Waals surface area (Å²) >= 11 is 1.69. The minimum atomic E-state index is -1.02. The predicted octanol–water partition coefficient (Wildman–Crippen LogP) is 4.20. The normalized spacial score (nSPS) is 20.1. The van der Waals surface area contributed by atoms with Gasteiger partial charge < -0.3 is 15.2 Å². The number of carboxylic acids is 1. The number of H-pyrrole nitrogens is 1. The highest BCUT2D eigenvalue weighted by Crippen LogP contribution is 2.48. The van der Waals surface area contributed by atoms with Gasteiger partial charge in [0.2, 0.25) is 0 Å². The van der Waals surface area contributed by atoms with E-state index in [0.29, 0.717) is 12.2 Å². The Labute approximate surface area is 182 Å². The Morgan fingerprint density at radius 1 is 1.26 bits per heavy atom. The van der Waals surface area contributed by atoms with E-state index in [1.807, 2.05) is 30.5 Å². The highest BCUT2D eigenvalue weighted by molar-refractivity contribution is 7.10. The molecule has 2 atom stereocenters. The maximum absolute atomic E-state index is 13.4. The fraction of sp³-hybridized carbons (Fsp3) is 0.261. The van der Waals surface area contributed by atoms with Crippen molar-refractivity contribution < 1.29 is 19.4 Å². The van der Waals surface area contributed by atoms with Gasteiger partial charge in [-0.3, -0.25) is 9.89 Å². The molecule has 0 saturated carbocycles. The average Bonchev–Trinajstić information content (AvgIpc) is 3.42. The lowest BCUT2D eigenvalue weighted by Gasteiger charge is -2.34. The number of hydrogen-bond acceptors (Lipinski definition) is 6. The number of carbonyl (C=O) groups excluding carboxylic acids is 1. The molecule has 0 fully saturated rings. The third kappa shape index (κ3) is 3.53. The number of nitrogens with zero attached hydrogens (tertiary/aromatic N) is 1. The monoisotopic (exact) mass is 435 g/mol. The second-order valence-corrected chi connectivity index (χ2v) is 8.84. The van der Waals surface area contributed by atoms with Crippen molar-refractivity contribution in [1.29, 1.82) is 0 Å². The van der Waals surface area contributed by atoms with Crippen LogP contribution in [0.15, 0.2) is 53.0 Å². The number of fused-ring (bicyclic) bond motifs is 1. The fourth-order valence-electron chi connectivity index (χ4n) is 4.52. The number of aryl methyl sites for hydroxylation is 1. The summed E-state index contributed by atoms with van der Waals surface area (Å²) in [4.78, 5) is 25.4. The van der Waals surface area contributed by atoms with Crippen LogP contribution in [0.25, 0.3) is 0 Å².